The molecular weight excluding hydrogens is 333 g/mol. The molecule has 11 heteroatoms. The van der Waals surface area contributed by atoms with Gasteiger partial charge in [-0.05, 0) is 19.3 Å². The normalized spacial score (nSPS) is 23.4. The van der Waals surface area contributed by atoms with E-state index in [0.29, 0.717) is 13.0 Å². The molecule has 4 amide bonds. The van der Waals surface area contributed by atoms with Gasteiger partial charge in [0, 0.05) is 6.54 Å². The predicted octanol–water partition coefficient (Wildman–Crippen LogP) is 0.696. The van der Waals surface area contributed by atoms with E-state index in [0.717, 1.165) is 12.8 Å². The van der Waals surface area contributed by atoms with Gasteiger partial charge in [-0.3, -0.25) is 25.3 Å². The number of hydroxylamine groups is 2. The van der Waals surface area contributed by atoms with Crippen LogP contribution < -0.4 is 10.9 Å². The lowest BCUT2D eigenvalue weighted by Crippen LogP contribution is -2.56. The fourth-order valence-corrected chi connectivity index (χ4v) is 2.65. The number of halogens is 3. The van der Waals surface area contributed by atoms with Crippen LogP contribution in [0.15, 0.2) is 0 Å². The lowest BCUT2D eigenvalue weighted by molar-refractivity contribution is -0.175. The standard InChI is InChI=1S/C13H19F3N4O4/c1-2-3-6-24-20-8-4-5-9(19(7-8)12(20)23)10(21)17-18-11(22)13(14,15)16/h8-9H,2-7H2,1H3,(H,17,21)(H,18,22)/t8-,9-/m0/s1. The zero-order valence-electron chi connectivity index (χ0n) is 13.1. The number of hydrogen-bond donors (Lipinski definition) is 2. The van der Waals surface area contributed by atoms with Crippen LogP contribution in [0.2, 0.25) is 0 Å². The molecule has 0 saturated carbocycles. The second kappa shape index (κ2) is 7.24. The molecule has 2 fully saturated rings. The number of nitrogens with one attached hydrogen (secondary N) is 2. The molecule has 136 valence electrons. The minimum absolute atomic E-state index is 0.178. The lowest BCUT2D eigenvalue weighted by Gasteiger charge is -2.29. The molecule has 24 heavy (non-hydrogen) atoms. The van der Waals surface area contributed by atoms with Crippen LogP contribution in [0, 0.1) is 0 Å². The van der Waals surface area contributed by atoms with Crippen molar-refractivity contribution in [2.24, 2.45) is 0 Å². The second-order valence-electron chi connectivity index (χ2n) is 5.64. The van der Waals surface area contributed by atoms with Crippen LogP contribution in [0.25, 0.3) is 0 Å². The van der Waals surface area contributed by atoms with Crippen LogP contribution in [0.4, 0.5) is 18.0 Å². The van der Waals surface area contributed by atoms with Crippen molar-refractivity contribution in [3.63, 3.8) is 0 Å². The number of amides is 4. The Bertz CT molecular complexity index is 514. The fourth-order valence-electron chi connectivity index (χ4n) is 2.65. The van der Waals surface area contributed by atoms with Crippen molar-refractivity contribution in [1.82, 2.24) is 20.8 Å². The van der Waals surface area contributed by atoms with E-state index >= 15 is 0 Å². The topological polar surface area (TPSA) is 91.0 Å². The summed E-state index contributed by atoms with van der Waals surface area (Å²) in [4.78, 5) is 41.6. The molecule has 0 aromatic heterocycles. The third-order valence-electron chi connectivity index (χ3n) is 3.91. The summed E-state index contributed by atoms with van der Waals surface area (Å²) in [6.07, 6.45) is -2.65. The number of carbonyl (C=O) groups is 3. The van der Waals surface area contributed by atoms with Crippen molar-refractivity contribution >= 4 is 17.8 Å². The van der Waals surface area contributed by atoms with Gasteiger partial charge in [0.1, 0.15) is 6.04 Å². The minimum atomic E-state index is -5.10. The van der Waals surface area contributed by atoms with E-state index in [-0.39, 0.29) is 19.0 Å². The zero-order valence-corrected chi connectivity index (χ0v) is 13.1. The highest BCUT2D eigenvalue weighted by Crippen LogP contribution is 2.30. The number of piperidine rings is 1. The fraction of sp³-hybridized carbons (Fsp3) is 0.769. The molecule has 2 aliphatic rings. The Kier molecular flexibility index (Phi) is 5.52. The number of rotatable bonds is 5. The van der Waals surface area contributed by atoms with Crippen LogP contribution in [0.3, 0.4) is 0 Å². The number of carbonyl (C=O) groups excluding carboxylic acids is 3. The van der Waals surface area contributed by atoms with Gasteiger partial charge in [0.05, 0.1) is 12.6 Å². The SMILES string of the molecule is CCCCON1C(=O)N2C[C@@H]1CC[C@H]2C(=O)NNC(=O)C(F)(F)F. The Morgan fingerprint density at radius 2 is 2.00 bits per heavy atom. The first kappa shape index (κ1) is 18.3. The summed E-state index contributed by atoms with van der Waals surface area (Å²) in [5.74, 6) is -3.14. The van der Waals surface area contributed by atoms with E-state index < -0.39 is 30.1 Å². The summed E-state index contributed by atoms with van der Waals surface area (Å²) in [7, 11) is 0. The van der Waals surface area contributed by atoms with Crippen LogP contribution in [-0.4, -0.2) is 59.2 Å². The van der Waals surface area contributed by atoms with E-state index in [2.05, 4.69) is 0 Å². The molecule has 0 aliphatic carbocycles. The van der Waals surface area contributed by atoms with E-state index in [1.165, 1.54) is 15.4 Å². The molecule has 0 aromatic rings. The monoisotopic (exact) mass is 352 g/mol. The average Bonchev–Trinajstić information content (AvgIpc) is 2.76. The lowest BCUT2D eigenvalue weighted by atomic mass is 10.0. The quantitative estimate of drug-likeness (QED) is 0.563. The Labute approximate surface area is 136 Å². The largest absolute Gasteiger partial charge is 0.472 e. The highest BCUT2D eigenvalue weighted by atomic mass is 19.4. The number of unbranched alkanes of at least 4 members (excludes halogenated alkanes) is 1. The maximum Gasteiger partial charge on any atom is 0.472 e. The van der Waals surface area contributed by atoms with Crippen molar-refractivity contribution in [1.29, 1.82) is 0 Å². The Balaban J connectivity index is 1.91. The molecule has 2 atom stereocenters. The molecular formula is C13H19F3N4O4. The summed E-state index contributed by atoms with van der Waals surface area (Å²) in [5, 5.41) is 1.23. The molecule has 0 unspecified atom stereocenters. The predicted molar refractivity (Wildman–Crippen MR) is 74.0 cm³/mol. The third kappa shape index (κ3) is 3.89. The molecule has 2 saturated heterocycles. The molecule has 0 spiro atoms. The summed E-state index contributed by atoms with van der Waals surface area (Å²) < 4.78 is 36.3. The van der Waals surface area contributed by atoms with Crippen molar-refractivity contribution < 1.29 is 32.4 Å². The van der Waals surface area contributed by atoms with Crippen molar-refractivity contribution in [3.05, 3.63) is 0 Å². The van der Waals surface area contributed by atoms with Crippen LogP contribution in [0.5, 0.6) is 0 Å². The van der Waals surface area contributed by atoms with Crippen molar-refractivity contribution in [3.8, 4) is 0 Å². The summed E-state index contributed by atoms with van der Waals surface area (Å²) in [6, 6.07) is -1.61. The molecule has 8 nitrogen and oxygen atoms in total. The molecule has 2 aliphatic heterocycles. The van der Waals surface area contributed by atoms with E-state index in [4.69, 9.17) is 4.84 Å². The molecule has 0 radical (unpaired) electrons. The Morgan fingerprint density at radius 3 is 2.62 bits per heavy atom. The highest BCUT2D eigenvalue weighted by Gasteiger charge is 2.48. The van der Waals surface area contributed by atoms with Gasteiger partial charge >= 0.3 is 18.1 Å². The second-order valence-corrected chi connectivity index (χ2v) is 5.64. The summed E-state index contributed by atoms with van der Waals surface area (Å²) in [6.45, 7) is 2.62. The van der Waals surface area contributed by atoms with Gasteiger partial charge in [0.15, 0.2) is 0 Å². The number of hydrazine groups is 1. The molecule has 2 bridgehead atoms. The van der Waals surface area contributed by atoms with Gasteiger partial charge in [-0.2, -0.15) is 18.2 Å². The van der Waals surface area contributed by atoms with Gasteiger partial charge in [0.25, 0.3) is 5.91 Å². The molecule has 0 aromatic carbocycles. The van der Waals surface area contributed by atoms with E-state index in [9.17, 15) is 27.6 Å². The third-order valence-corrected chi connectivity index (χ3v) is 3.91. The van der Waals surface area contributed by atoms with Gasteiger partial charge in [-0.25, -0.2) is 4.79 Å². The van der Waals surface area contributed by atoms with Crippen LogP contribution >= 0.6 is 0 Å². The van der Waals surface area contributed by atoms with E-state index in [1.54, 1.807) is 5.43 Å². The van der Waals surface area contributed by atoms with Gasteiger partial charge in [0.2, 0.25) is 0 Å². The smallest absolute Gasteiger partial charge is 0.309 e. The molecule has 2 rings (SSSR count). The van der Waals surface area contributed by atoms with Gasteiger partial charge in [-0.15, -0.1) is 0 Å². The molecule has 2 N–H and O–H groups in total. The average molecular weight is 352 g/mol. The Hall–Kier alpha value is -2.04. The minimum Gasteiger partial charge on any atom is -0.309 e. The van der Waals surface area contributed by atoms with Crippen LogP contribution in [0.1, 0.15) is 32.6 Å². The van der Waals surface area contributed by atoms with Crippen molar-refractivity contribution in [2.45, 2.75) is 50.9 Å². The van der Waals surface area contributed by atoms with Gasteiger partial charge < -0.3 is 4.90 Å². The first-order valence-corrected chi connectivity index (χ1v) is 7.65. The van der Waals surface area contributed by atoms with E-state index in [1.807, 2.05) is 6.92 Å². The van der Waals surface area contributed by atoms with Crippen LogP contribution in [-0.2, 0) is 14.4 Å². The first-order valence-electron chi connectivity index (χ1n) is 7.65. The Morgan fingerprint density at radius 1 is 1.29 bits per heavy atom. The van der Waals surface area contributed by atoms with Gasteiger partial charge in [-0.1, -0.05) is 13.3 Å². The maximum absolute atomic E-state index is 12.3. The highest BCUT2D eigenvalue weighted by molar-refractivity contribution is 5.90. The summed E-state index contributed by atoms with van der Waals surface area (Å²) in [5.41, 5.74) is 3.02. The zero-order chi connectivity index (χ0) is 17.9. The van der Waals surface area contributed by atoms with Crippen molar-refractivity contribution in [2.75, 3.05) is 13.2 Å². The number of alkyl halides is 3. The number of hydrogen-bond acceptors (Lipinski definition) is 4. The number of urea groups is 1. The number of nitrogens with zero attached hydrogens (tertiary/aromatic N) is 2. The summed E-state index contributed by atoms with van der Waals surface area (Å²) >= 11 is 0. The molecule has 2 heterocycles. The first-order chi connectivity index (χ1) is 11.3. The maximum atomic E-state index is 12.3. The number of fused-ring (bicyclic) bond motifs is 2.